The lowest BCUT2D eigenvalue weighted by Gasteiger charge is -2.26. The van der Waals surface area contributed by atoms with Gasteiger partial charge in [-0.05, 0) is 16.8 Å². The molecule has 108 valence electrons. The minimum Gasteiger partial charge on any atom is -0.358 e. The zero-order valence-corrected chi connectivity index (χ0v) is 11.2. The Balaban J connectivity index is 2.58. The average molecular weight is 290 g/mol. The summed E-state index contributed by atoms with van der Waals surface area (Å²) in [6, 6.07) is 10.1. The molecule has 5 heteroatoms. The molecule has 0 saturated carbocycles. The predicted octanol–water partition coefficient (Wildman–Crippen LogP) is 4.95. The Morgan fingerprint density at radius 3 is 2.38 bits per heavy atom. The third kappa shape index (κ3) is 3.34. The zero-order valence-electron chi connectivity index (χ0n) is 11.2. The maximum absolute atomic E-state index is 12.7. The number of fused-ring (bicyclic) bond motifs is 1. The van der Waals surface area contributed by atoms with E-state index in [1.165, 1.54) is 11.0 Å². The number of rotatable bonds is 4. The van der Waals surface area contributed by atoms with Gasteiger partial charge >= 0.3 is 6.18 Å². The van der Waals surface area contributed by atoms with Crippen molar-refractivity contribution in [3.63, 3.8) is 0 Å². The highest BCUT2D eigenvalue weighted by Gasteiger charge is 2.31. The molecular formula is C16H13F3N2. The molecule has 0 aliphatic rings. The van der Waals surface area contributed by atoms with Crippen molar-refractivity contribution >= 4 is 22.1 Å². The summed E-state index contributed by atoms with van der Waals surface area (Å²) < 4.78 is 38.2. The standard InChI is InChI=1S/C16H13F3N2/c1-3-10-21(11-16(17,18)19)15-9-8-14(20-2)12-6-4-5-7-13(12)15/h3-9H,1,10-11H2. The summed E-state index contributed by atoms with van der Waals surface area (Å²) in [7, 11) is 0. The van der Waals surface area contributed by atoms with E-state index in [1.54, 1.807) is 36.4 Å². The molecule has 0 radical (unpaired) electrons. The van der Waals surface area contributed by atoms with Gasteiger partial charge in [0.1, 0.15) is 6.54 Å². The second-order valence-corrected chi connectivity index (χ2v) is 4.55. The van der Waals surface area contributed by atoms with E-state index in [4.69, 9.17) is 6.57 Å². The predicted molar refractivity (Wildman–Crippen MR) is 78.7 cm³/mol. The summed E-state index contributed by atoms with van der Waals surface area (Å²) >= 11 is 0. The Hall–Kier alpha value is -2.48. The third-order valence-electron chi connectivity index (χ3n) is 3.06. The van der Waals surface area contributed by atoms with E-state index in [-0.39, 0.29) is 6.54 Å². The quantitative estimate of drug-likeness (QED) is 0.571. The molecule has 0 atom stereocenters. The van der Waals surface area contributed by atoms with E-state index < -0.39 is 12.7 Å². The molecule has 21 heavy (non-hydrogen) atoms. The molecule has 2 rings (SSSR count). The minimum atomic E-state index is -4.30. The van der Waals surface area contributed by atoms with Gasteiger partial charge in [0.05, 0.1) is 6.57 Å². The molecule has 0 N–H and O–H groups in total. The number of nitrogens with zero attached hydrogens (tertiary/aromatic N) is 2. The first kappa shape index (κ1) is 14.9. The number of anilines is 1. The molecule has 2 aromatic rings. The average Bonchev–Trinajstić information content (AvgIpc) is 2.44. The van der Waals surface area contributed by atoms with Gasteiger partial charge in [0, 0.05) is 12.2 Å². The fourth-order valence-electron chi connectivity index (χ4n) is 2.26. The lowest BCUT2D eigenvalue weighted by atomic mass is 10.1. The van der Waals surface area contributed by atoms with Gasteiger partial charge in [-0.15, -0.1) is 6.58 Å². The number of hydrogen-bond donors (Lipinski definition) is 0. The molecule has 0 spiro atoms. The molecule has 0 aliphatic heterocycles. The summed E-state index contributed by atoms with van der Waals surface area (Å²) in [5.74, 6) is 0. The van der Waals surface area contributed by atoms with Crippen molar-refractivity contribution in [1.82, 2.24) is 0 Å². The van der Waals surface area contributed by atoms with Crippen LogP contribution in [0, 0.1) is 6.57 Å². The smallest absolute Gasteiger partial charge is 0.358 e. The molecule has 2 aromatic carbocycles. The number of hydrogen-bond acceptors (Lipinski definition) is 1. The van der Waals surface area contributed by atoms with Gasteiger partial charge in [0.15, 0.2) is 5.69 Å². The van der Waals surface area contributed by atoms with Crippen molar-refractivity contribution in [3.8, 4) is 0 Å². The molecule has 0 fully saturated rings. The summed E-state index contributed by atoms with van der Waals surface area (Å²) in [4.78, 5) is 4.62. The van der Waals surface area contributed by atoms with Crippen LogP contribution in [0.2, 0.25) is 0 Å². The Morgan fingerprint density at radius 2 is 1.81 bits per heavy atom. The number of alkyl halides is 3. The van der Waals surface area contributed by atoms with E-state index in [0.717, 1.165) is 0 Å². The van der Waals surface area contributed by atoms with Crippen molar-refractivity contribution in [1.29, 1.82) is 0 Å². The lowest BCUT2D eigenvalue weighted by Crippen LogP contribution is -2.34. The van der Waals surface area contributed by atoms with Crippen molar-refractivity contribution in [3.05, 3.63) is 60.5 Å². The van der Waals surface area contributed by atoms with E-state index in [0.29, 0.717) is 22.1 Å². The van der Waals surface area contributed by atoms with E-state index >= 15 is 0 Å². The molecule has 0 heterocycles. The van der Waals surface area contributed by atoms with Crippen molar-refractivity contribution in [2.45, 2.75) is 6.18 Å². The monoisotopic (exact) mass is 290 g/mol. The molecular weight excluding hydrogens is 277 g/mol. The maximum atomic E-state index is 12.7. The first-order chi connectivity index (χ1) is 9.96. The second-order valence-electron chi connectivity index (χ2n) is 4.55. The third-order valence-corrected chi connectivity index (χ3v) is 3.06. The Bertz CT molecular complexity index is 699. The molecule has 0 aliphatic carbocycles. The molecule has 0 saturated heterocycles. The van der Waals surface area contributed by atoms with Crippen LogP contribution >= 0.6 is 0 Å². The SMILES string of the molecule is [C-]#[N+]c1ccc(N(CC=C)CC(F)(F)F)c2ccccc12. The van der Waals surface area contributed by atoms with Crippen molar-refractivity contribution < 1.29 is 13.2 Å². The highest BCUT2D eigenvalue weighted by atomic mass is 19.4. The first-order valence-electron chi connectivity index (χ1n) is 6.28. The lowest BCUT2D eigenvalue weighted by molar-refractivity contribution is -0.119. The van der Waals surface area contributed by atoms with Gasteiger partial charge in [-0.25, -0.2) is 4.85 Å². The van der Waals surface area contributed by atoms with Crippen LogP contribution in [0.15, 0.2) is 49.1 Å². The molecule has 0 bridgehead atoms. The van der Waals surface area contributed by atoms with E-state index in [1.807, 2.05) is 0 Å². The highest BCUT2D eigenvalue weighted by molar-refractivity contribution is 6.02. The van der Waals surface area contributed by atoms with Gasteiger partial charge in [-0.2, -0.15) is 13.2 Å². The van der Waals surface area contributed by atoms with Crippen molar-refractivity contribution in [2.75, 3.05) is 18.0 Å². The highest BCUT2D eigenvalue weighted by Crippen LogP contribution is 2.35. The maximum Gasteiger partial charge on any atom is 0.405 e. The Labute approximate surface area is 120 Å². The summed E-state index contributed by atoms with van der Waals surface area (Å²) in [5.41, 5.74) is 0.884. The molecule has 0 unspecified atom stereocenters. The summed E-state index contributed by atoms with van der Waals surface area (Å²) in [6.07, 6.45) is -2.87. The van der Waals surface area contributed by atoms with Gasteiger partial charge in [-0.3, -0.25) is 0 Å². The summed E-state index contributed by atoms with van der Waals surface area (Å²) in [6.45, 7) is 9.69. The fourth-order valence-corrected chi connectivity index (χ4v) is 2.26. The van der Waals surface area contributed by atoms with Crippen LogP contribution in [0.1, 0.15) is 0 Å². The minimum absolute atomic E-state index is 0.0842. The second kappa shape index (κ2) is 5.88. The van der Waals surface area contributed by atoms with Crippen LogP contribution in [0.25, 0.3) is 15.6 Å². The molecule has 0 aromatic heterocycles. The Kier molecular flexibility index (Phi) is 4.18. The zero-order chi connectivity index (χ0) is 15.5. The van der Waals surface area contributed by atoms with Gasteiger partial charge in [0.25, 0.3) is 0 Å². The molecule has 2 nitrogen and oxygen atoms in total. The van der Waals surface area contributed by atoms with Crippen LogP contribution in [0.5, 0.6) is 0 Å². The van der Waals surface area contributed by atoms with Crippen LogP contribution in [-0.2, 0) is 0 Å². The normalized spacial score (nSPS) is 11.1. The van der Waals surface area contributed by atoms with E-state index in [2.05, 4.69) is 11.4 Å². The largest absolute Gasteiger partial charge is 0.405 e. The van der Waals surface area contributed by atoms with E-state index in [9.17, 15) is 13.2 Å². The van der Waals surface area contributed by atoms with Crippen LogP contribution in [0.3, 0.4) is 0 Å². The fraction of sp³-hybridized carbons (Fsp3) is 0.188. The van der Waals surface area contributed by atoms with Crippen molar-refractivity contribution in [2.24, 2.45) is 0 Å². The van der Waals surface area contributed by atoms with Crippen LogP contribution in [-0.4, -0.2) is 19.3 Å². The van der Waals surface area contributed by atoms with Gasteiger partial charge in [-0.1, -0.05) is 36.4 Å². The van der Waals surface area contributed by atoms with Gasteiger partial charge in [0.2, 0.25) is 0 Å². The number of halogens is 3. The number of benzene rings is 2. The Morgan fingerprint density at radius 1 is 1.14 bits per heavy atom. The van der Waals surface area contributed by atoms with Gasteiger partial charge < -0.3 is 4.90 Å². The summed E-state index contributed by atoms with van der Waals surface area (Å²) in [5, 5.41) is 1.29. The van der Waals surface area contributed by atoms with Crippen LogP contribution in [0.4, 0.5) is 24.5 Å². The topological polar surface area (TPSA) is 7.60 Å². The first-order valence-corrected chi connectivity index (χ1v) is 6.28. The van der Waals surface area contributed by atoms with Crippen LogP contribution < -0.4 is 4.90 Å². The molecule has 0 amide bonds.